The van der Waals surface area contributed by atoms with Gasteiger partial charge in [-0.2, -0.15) is 0 Å². The van der Waals surface area contributed by atoms with E-state index >= 15 is 0 Å². The average molecular weight is 561 g/mol. The summed E-state index contributed by atoms with van der Waals surface area (Å²) in [4.78, 5) is 2.38. The van der Waals surface area contributed by atoms with Crippen molar-refractivity contribution in [2.45, 2.75) is 0 Å². The fraction of sp³-hybridized carbons (Fsp3) is 0. The summed E-state index contributed by atoms with van der Waals surface area (Å²) in [5.74, 6) is 0. The summed E-state index contributed by atoms with van der Waals surface area (Å²) in [7, 11) is 0. The Balaban J connectivity index is 1.27. The van der Waals surface area contributed by atoms with Crippen LogP contribution in [0.25, 0.3) is 59.8 Å². The van der Waals surface area contributed by atoms with E-state index in [1.165, 1.54) is 59.8 Å². The van der Waals surface area contributed by atoms with Crippen molar-refractivity contribution in [2.24, 2.45) is 0 Å². The van der Waals surface area contributed by atoms with Crippen molar-refractivity contribution >= 4 is 71.2 Å². The summed E-state index contributed by atoms with van der Waals surface area (Å²) in [5.41, 5.74) is 6.97. The van der Waals surface area contributed by atoms with Crippen LogP contribution in [0, 0.1) is 0 Å². The molecule has 0 saturated heterocycles. The molecule has 9 rings (SSSR count). The van der Waals surface area contributed by atoms with Gasteiger partial charge in [-0.25, -0.2) is 0 Å². The Hall–Kier alpha value is -5.86. The van der Waals surface area contributed by atoms with Crippen LogP contribution >= 0.6 is 0 Å². The molecule has 2 nitrogen and oxygen atoms in total. The molecule has 0 amide bonds. The van der Waals surface area contributed by atoms with Gasteiger partial charge in [0.1, 0.15) is 0 Å². The summed E-state index contributed by atoms with van der Waals surface area (Å²) in [6, 6.07) is 61.5. The second kappa shape index (κ2) is 9.86. The third-order valence-corrected chi connectivity index (χ3v) is 8.91. The van der Waals surface area contributed by atoms with Crippen LogP contribution in [0.4, 0.5) is 17.1 Å². The molecule has 1 heterocycles. The number of nitrogens with zero attached hydrogens (tertiary/aromatic N) is 2. The van der Waals surface area contributed by atoms with Gasteiger partial charge >= 0.3 is 0 Å². The Morgan fingerprint density at radius 2 is 0.932 bits per heavy atom. The highest BCUT2D eigenvalue weighted by Gasteiger charge is 2.18. The van der Waals surface area contributed by atoms with Gasteiger partial charge in [-0.05, 0) is 93.0 Å². The predicted octanol–water partition coefficient (Wildman–Crippen LogP) is 11.7. The molecule has 0 saturated carbocycles. The van der Waals surface area contributed by atoms with Crippen molar-refractivity contribution in [3.63, 3.8) is 0 Å². The summed E-state index contributed by atoms with van der Waals surface area (Å²) < 4.78 is 2.37. The van der Waals surface area contributed by atoms with Crippen LogP contribution in [-0.2, 0) is 0 Å². The molecule has 0 bridgehead atoms. The molecule has 1 aromatic heterocycles. The highest BCUT2D eigenvalue weighted by molar-refractivity contribution is 6.20. The Morgan fingerprint density at radius 3 is 1.77 bits per heavy atom. The molecular weight excluding hydrogens is 532 g/mol. The highest BCUT2D eigenvalue weighted by Crippen LogP contribution is 2.41. The topological polar surface area (TPSA) is 8.17 Å². The van der Waals surface area contributed by atoms with Crippen molar-refractivity contribution in [3.8, 4) is 5.69 Å². The van der Waals surface area contributed by atoms with Gasteiger partial charge in [0.15, 0.2) is 0 Å². The number of fused-ring (bicyclic) bond motifs is 8. The maximum Gasteiger partial charge on any atom is 0.0542 e. The zero-order chi connectivity index (χ0) is 29.0. The number of rotatable bonds is 4. The molecule has 0 aliphatic rings. The van der Waals surface area contributed by atoms with E-state index in [0.717, 1.165) is 17.1 Å². The van der Waals surface area contributed by atoms with Gasteiger partial charge in [0.25, 0.3) is 0 Å². The van der Waals surface area contributed by atoms with Gasteiger partial charge < -0.3 is 9.47 Å². The molecule has 44 heavy (non-hydrogen) atoms. The Morgan fingerprint density at radius 1 is 0.341 bits per heavy atom. The monoisotopic (exact) mass is 560 g/mol. The van der Waals surface area contributed by atoms with Crippen molar-refractivity contribution in [2.75, 3.05) is 4.90 Å². The summed E-state index contributed by atoms with van der Waals surface area (Å²) >= 11 is 0. The molecule has 206 valence electrons. The zero-order valence-corrected chi connectivity index (χ0v) is 24.1. The Labute approximate surface area is 255 Å². The molecule has 0 radical (unpaired) electrons. The SMILES string of the molecule is c1ccc(N(c2ccc3c(ccc4ccc5ccccc5c43)c2)c2ccc3c(c2)c2ccccc2n3-c2ccccc2)cc1. The third kappa shape index (κ3) is 3.82. The van der Waals surface area contributed by atoms with Gasteiger partial charge in [-0.1, -0.05) is 109 Å². The van der Waals surface area contributed by atoms with Gasteiger partial charge in [0.2, 0.25) is 0 Å². The molecule has 0 atom stereocenters. The van der Waals surface area contributed by atoms with E-state index in [4.69, 9.17) is 0 Å². The van der Waals surface area contributed by atoms with Gasteiger partial charge in [-0.15, -0.1) is 0 Å². The first-order valence-electron chi connectivity index (χ1n) is 15.1. The summed E-state index contributed by atoms with van der Waals surface area (Å²) in [6.45, 7) is 0. The highest BCUT2D eigenvalue weighted by atomic mass is 15.1. The fourth-order valence-electron chi connectivity index (χ4n) is 6.94. The zero-order valence-electron chi connectivity index (χ0n) is 24.1. The molecule has 0 fully saturated rings. The van der Waals surface area contributed by atoms with Crippen molar-refractivity contribution < 1.29 is 0 Å². The number of aromatic nitrogens is 1. The van der Waals surface area contributed by atoms with Crippen LogP contribution in [0.15, 0.2) is 170 Å². The van der Waals surface area contributed by atoms with Crippen LogP contribution in [0.1, 0.15) is 0 Å². The number of hydrogen-bond acceptors (Lipinski definition) is 1. The molecule has 0 spiro atoms. The second-order valence-corrected chi connectivity index (χ2v) is 11.4. The quantitative estimate of drug-likeness (QED) is 0.194. The minimum absolute atomic E-state index is 1.13. The van der Waals surface area contributed by atoms with E-state index in [1.54, 1.807) is 0 Å². The van der Waals surface area contributed by atoms with Crippen LogP contribution in [0.3, 0.4) is 0 Å². The first-order valence-corrected chi connectivity index (χ1v) is 15.1. The smallest absolute Gasteiger partial charge is 0.0542 e. The number of benzene rings is 8. The van der Waals surface area contributed by atoms with Crippen LogP contribution in [0.5, 0.6) is 0 Å². The predicted molar refractivity (Wildman–Crippen MR) is 188 cm³/mol. The lowest BCUT2D eigenvalue weighted by atomic mass is 9.96. The maximum absolute atomic E-state index is 2.38. The van der Waals surface area contributed by atoms with E-state index in [0.29, 0.717) is 0 Å². The number of hydrogen-bond donors (Lipinski definition) is 0. The van der Waals surface area contributed by atoms with Gasteiger partial charge in [-0.3, -0.25) is 0 Å². The minimum Gasteiger partial charge on any atom is -0.310 e. The lowest BCUT2D eigenvalue weighted by Gasteiger charge is -2.26. The fourth-order valence-corrected chi connectivity index (χ4v) is 6.94. The number of anilines is 3. The van der Waals surface area contributed by atoms with Crippen molar-refractivity contribution in [1.29, 1.82) is 0 Å². The molecule has 8 aromatic carbocycles. The van der Waals surface area contributed by atoms with E-state index in [9.17, 15) is 0 Å². The second-order valence-electron chi connectivity index (χ2n) is 11.4. The molecule has 0 aliphatic carbocycles. The normalized spacial score (nSPS) is 11.6. The lowest BCUT2D eigenvalue weighted by molar-refractivity contribution is 1.18. The van der Waals surface area contributed by atoms with E-state index in [-0.39, 0.29) is 0 Å². The van der Waals surface area contributed by atoms with E-state index < -0.39 is 0 Å². The molecule has 0 aliphatic heterocycles. The summed E-state index contributed by atoms with van der Waals surface area (Å²) in [6.07, 6.45) is 0. The number of para-hydroxylation sites is 3. The first kappa shape index (κ1) is 24.7. The molecule has 0 N–H and O–H groups in total. The third-order valence-electron chi connectivity index (χ3n) is 8.91. The Kier molecular flexibility index (Phi) is 5.54. The van der Waals surface area contributed by atoms with E-state index in [2.05, 4.69) is 179 Å². The first-order chi connectivity index (χ1) is 21.8. The molecule has 2 heteroatoms. The Bertz CT molecular complexity index is 2490. The van der Waals surface area contributed by atoms with Gasteiger partial charge in [0, 0.05) is 33.5 Å². The molecule has 0 unspecified atom stereocenters. The van der Waals surface area contributed by atoms with E-state index in [1.807, 2.05) is 0 Å². The molecular formula is C42H28N2. The molecule has 9 aromatic rings. The summed E-state index contributed by atoms with van der Waals surface area (Å²) in [5, 5.41) is 10.1. The average Bonchev–Trinajstić information content (AvgIpc) is 3.42. The van der Waals surface area contributed by atoms with Crippen LogP contribution in [-0.4, -0.2) is 4.57 Å². The minimum atomic E-state index is 1.13. The van der Waals surface area contributed by atoms with Gasteiger partial charge in [0.05, 0.1) is 11.0 Å². The standard InChI is InChI=1S/C42H28N2/c1-3-12-32(13-4-1)43(34-23-25-37-31(27-34)22-21-30-20-19-29-11-7-8-16-36(29)42(30)37)35-24-26-41-39(28-35)38-17-9-10-18-40(38)44(41)33-14-5-2-6-15-33/h1-28H. The largest absolute Gasteiger partial charge is 0.310 e. The lowest BCUT2D eigenvalue weighted by Crippen LogP contribution is -2.09. The van der Waals surface area contributed by atoms with Crippen molar-refractivity contribution in [1.82, 2.24) is 4.57 Å². The van der Waals surface area contributed by atoms with Crippen LogP contribution < -0.4 is 4.90 Å². The van der Waals surface area contributed by atoms with Crippen molar-refractivity contribution in [3.05, 3.63) is 170 Å². The maximum atomic E-state index is 2.38. The van der Waals surface area contributed by atoms with Crippen LogP contribution in [0.2, 0.25) is 0 Å².